The minimum absolute atomic E-state index is 0.104. The average Bonchev–Trinajstić information content (AvgIpc) is 3.29. The summed E-state index contributed by atoms with van der Waals surface area (Å²) in [7, 11) is 1.42. The summed E-state index contributed by atoms with van der Waals surface area (Å²) in [6, 6.07) is 9.38. The summed E-state index contributed by atoms with van der Waals surface area (Å²) in [6.07, 6.45) is 1.44. The van der Waals surface area contributed by atoms with E-state index >= 15 is 4.39 Å². The molecule has 41 heavy (non-hydrogen) atoms. The number of carbonyl (C=O) groups is 2. The Balaban J connectivity index is 1.77. The predicted molar refractivity (Wildman–Crippen MR) is 150 cm³/mol. The molecule has 0 bridgehead atoms. The summed E-state index contributed by atoms with van der Waals surface area (Å²) in [4.78, 5) is 30.3. The molecule has 216 valence electrons. The number of hydrogen-bond donors (Lipinski definition) is 4. The number of methoxy groups -OCH3 is 1. The molecule has 1 aliphatic heterocycles. The highest BCUT2D eigenvalue weighted by atomic mass is 19.1. The van der Waals surface area contributed by atoms with E-state index in [0.717, 1.165) is 12.1 Å². The molecule has 4 rings (SSSR count). The maximum Gasteiger partial charge on any atom is 0.251 e. The second kappa shape index (κ2) is 11.3. The Labute approximate surface area is 236 Å². The first-order valence-corrected chi connectivity index (χ1v) is 12.8. The lowest BCUT2D eigenvalue weighted by Crippen LogP contribution is -2.41. The molecule has 0 aliphatic carbocycles. The fraction of sp³-hybridized carbons (Fsp3) is 0.300. The van der Waals surface area contributed by atoms with Gasteiger partial charge in [0.15, 0.2) is 11.6 Å². The van der Waals surface area contributed by atoms with Crippen LogP contribution < -0.4 is 21.5 Å². The Morgan fingerprint density at radius 2 is 1.93 bits per heavy atom. The van der Waals surface area contributed by atoms with Crippen molar-refractivity contribution in [2.45, 2.75) is 38.4 Å². The highest BCUT2D eigenvalue weighted by Crippen LogP contribution is 2.38. The number of nitrogens with zero attached hydrogens (tertiary/aromatic N) is 1. The number of nitrogens with two attached hydrogens (primary N) is 2. The summed E-state index contributed by atoms with van der Waals surface area (Å²) in [5.41, 5.74) is 10.4. The molecule has 1 atom stereocenters. The minimum Gasteiger partial charge on any atom is -0.495 e. The lowest BCUT2D eigenvalue weighted by molar-refractivity contribution is -0.117. The Morgan fingerprint density at radius 3 is 2.49 bits per heavy atom. The molecule has 1 aliphatic rings. The zero-order chi connectivity index (χ0) is 30.1. The van der Waals surface area contributed by atoms with Crippen molar-refractivity contribution in [2.24, 2.45) is 5.73 Å². The number of halogens is 2. The third-order valence-electron chi connectivity index (χ3n) is 6.77. The lowest BCUT2D eigenvalue weighted by atomic mass is 9.88. The maximum absolute atomic E-state index is 15.7. The SMILES string of the molecule is COc1cc(C(=O)NCC2(c3cc(C(C)(C)O)c(F)c(-c4ccc(F)cc4)n3)CC(=O)CO2)cc(/C=C(/C)N)c1N. The van der Waals surface area contributed by atoms with Crippen molar-refractivity contribution >= 4 is 23.5 Å². The van der Waals surface area contributed by atoms with Crippen LogP contribution in [0, 0.1) is 11.6 Å². The molecular formula is C30H32F2N4O5. The fourth-order valence-corrected chi connectivity index (χ4v) is 4.65. The molecule has 1 amide bonds. The van der Waals surface area contributed by atoms with E-state index in [1.807, 2.05) is 0 Å². The maximum atomic E-state index is 15.7. The van der Waals surface area contributed by atoms with Crippen molar-refractivity contribution in [1.82, 2.24) is 10.3 Å². The number of allylic oxidation sites excluding steroid dienone is 1. The van der Waals surface area contributed by atoms with Crippen molar-refractivity contribution in [2.75, 3.05) is 26.0 Å². The lowest BCUT2D eigenvalue weighted by Gasteiger charge is -2.30. The predicted octanol–water partition coefficient (Wildman–Crippen LogP) is 3.78. The number of Topliss-reactive ketones (excluding diaryl/α,β-unsaturated/α-hetero) is 1. The molecule has 1 fully saturated rings. The fourth-order valence-electron chi connectivity index (χ4n) is 4.65. The number of aliphatic hydroxyl groups is 1. The summed E-state index contributed by atoms with van der Waals surface area (Å²) >= 11 is 0. The van der Waals surface area contributed by atoms with Crippen LogP contribution in [-0.4, -0.2) is 42.0 Å². The van der Waals surface area contributed by atoms with E-state index in [-0.39, 0.29) is 59.2 Å². The van der Waals surface area contributed by atoms with Gasteiger partial charge in [-0.15, -0.1) is 0 Å². The van der Waals surface area contributed by atoms with Crippen LogP contribution in [-0.2, 0) is 20.7 Å². The quantitative estimate of drug-likeness (QED) is 0.301. The minimum atomic E-state index is -1.64. The number of benzene rings is 2. The van der Waals surface area contributed by atoms with Gasteiger partial charge in [-0.25, -0.2) is 13.8 Å². The van der Waals surface area contributed by atoms with Gasteiger partial charge in [0.1, 0.15) is 29.5 Å². The van der Waals surface area contributed by atoms with Crippen LogP contribution in [0.1, 0.15) is 54.4 Å². The molecule has 1 unspecified atom stereocenters. The van der Waals surface area contributed by atoms with Gasteiger partial charge in [-0.2, -0.15) is 0 Å². The number of rotatable bonds is 8. The largest absolute Gasteiger partial charge is 0.495 e. The molecule has 1 aromatic heterocycles. The van der Waals surface area contributed by atoms with Gasteiger partial charge in [-0.1, -0.05) is 0 Å². The molecule has 11 heteroatoms. The number of nitrogens with one attached hydrogen (secondary N) is 1. The second-order valence-corrected chi connectivity index (χ2v) is 10.5. The van der Waals surface area contributed by atoms with E-state index in [1.165, 1.54) is 45.2 Å². The van der Waals surface area contributed by atoms with Crippen molar-refractivity contribution in [3.8, 4) is 17.0 Å². The molecule has 0 saturated carbocycles. The van der Waals surface area contributed by atoms with Crippen molar-refractivity contribution in [3.63, 3.8) is 0 Å². The van der Waals surface area contributed by atoms with Crippen LogP contribution >= 0.6 is 0 Å². The molecule has 2 aromatic carbocycles. The zero-order valence-electron chi connectivity index (χ0n) is 23.2. The number of anilines is 1. The Kier molecular flexibility index (Phi) is 8.14. The van der Waals surface area contributed by atoms with Crippen molar-refractivity contribution < 1.29 is 33.0 Å². The Bertz CT molecular complexity index is 1530. The standard InChI is InChI=1S/C30H32F2N4O5/c1-16(33)9-18-10-19(11-23(40-4)26(18)34)28(38)35-15-30(13-21(37)14-41-30)24-12-22(29(2,3)39)25(32)27(36-24)17-5-7-20(31)8-6-17/h5-12,39H,13-15,33-34H2,1-4H3,(H,35,38)/b16-9-. The number of carbonyl (C=O) groups excluding carboxylic acids is 2. The number of hydrogen-bond acceptors (Lipinski definition) is 8. The number of nitrogen functional groups attached to an aromatic ring is 1. The van der Waals surface area contributed by atoms with Crippen LogP contribution in [0.15, 0.2) is 48.2 Å². The molecule has 0 spiro atoms. The summed E-state index contributed by atoms with van der Waals surface area (Å²) in [5, 5.41) is 13.6. The van der Waals surface area contributed by atoms with Crippen LogP contribution in [0.5, 0.6) is 5.75 Å². The highest BCUT2D eigenvalue weighted by molar-refractivity contribution is 5.97. The average molecular weight is 567 g/mol. The van der Waals surface area contributed by atoms with E-state index in [0.29, 0.717) is 16.9 Å². The van der Waals surface area contributed by atoms with Gasteiger partial charge in [0.25, 0.3) is 5.91 Å². The van der Waals surface area contributed by atoms with Gasteiger partial charge < -0.3 is 31.4 Å². The van der Waals surface area contributed by atoms with Crippen molar-refractivity contribution in [1.29, 1.82) is 0 Å². The normalized spacial score (nSPS) is 17.5. The summed E-state index contributed by atoms with van der Waals surface area (Å²) < 4.78 is 40.5. The number of aromatic nitrogens is 1. The van der Waals surface area contributed by atoms with Gasteiger partial charge in [-0.3, -0.25) is 9.59 Å². The molecule has 1 saturated heterocycles. The molecule has 2 heterocycles. The zero-order valence-corrected chi connectivity index (χ0v) is 23.2. The second-order valence-electron chi connectivity index (χ2n) is 10.5. The number of ketones is 1. The molecule has 3 aromatic rings. The first-order chi connectivity index (χ1) is 19.2. The molecule has 9 nitrogen and oxygen atoms in total. The van der Waals surface area contributed by atoms with Gasteiger partial charge >= 0.3 is 0 Å². The monoisotopic (exact) mass is 566 g/mol. The summed E-state index contributed by atoms with van der Waals surface area (Å²) in [6.45, 7) is 4.02. The topological polar surface area (TPSA) is 150 Å². The van der Waals surface area contributed by atoms with Crippen LogP contribution in [0.2, 0.25) is 0 Å². The van der Waals surface area contributed by atoms with Gasteiger partial charge in [0.05, 0.1) is 30.6 Å². The first-order valence-electron chi connectivity index (χ1n) is 12.8. The number of ether oxygens (including phenoxy) is 2. The van der Waals surface area contributed by atoms with Gasteiger partial charge in [0, 0.05) is 34.4 Å². The molecular weight excluding hydrogens is 534 g/mol. The molecule has 6 N–H and O–H groups in total. The van der Waals surface area contributed by atoms with Gasteiger partial charge in [0.2, 0.25) is 0 Å². The van der Waals surface area contributed by atoms with Gasteiger partial charge in [-0.05, 0) is 69.3 Å². The van der Waals surface area contributed by atoms with E-state index in [4.69, 9.17) is 20.9 Å². The van der Waals surface area contributed by atoms with Crippen LogP contribution in [0.4, 0.5) is 14.5 Å². The van der Waals surface area contributed by atoms with E-state index in [1.54, 1.807) is 19.1 Å². The summed E-state index contributed by atoms with van der Waals surface area (Å²) in [5.74, 6) is -1.83. The number of pyridine rings is 1. The van der Waals surface area contributed by atoms with Crippen LogP contribution in [0.25, 0.3) is 17.3 Å². The van der Waals surface area contributed by atoms with Crippen molar-refractivity contribution in [3.05, 3.63) is 82.2 Å². The molecule has 0 radical (unpaired) electrons. The third kappa shape index (κ3) is 6.21. The van der Waals surface area contributed by atoms with E-state index < -0.39 is 28.7 Å². The van der Waals surface area contributed by atoms with E-state index in [9.17, 15) is 19.1 Å². The highest BCUT2D eigenvalue weighted by Gasteiger charge is 2.44. The van der Waals surface area contributed by atoms with Crippen LogP contribution in [0.3, 0.4) is 0 Å². The Hall–Kier alpha value is -4.35. The smallest absolute Gasteiger partial charge is 0.251 e. The number of amides is 1. The van der Waals surface area contributed by atoms with E-state index in [2.05, 4.69) is 10.3 Å². The Morgan fingerprint density at radius 1 is 1.24 bits per heavy atom. The third-order valence-corrected chi connectivity index (χ3v) is 6.77. The first kappa shape index (κ1) is 29.6.